The second kappa shape index (κ2) is 8.49. The number of nitrogens with zero attached hydrogens (tertiary/aromatic N) is 3. The summed E-state index contributed by atoms with van der Waals surface area (Å²) in [5.41, 5.74) is 2.90. The van der Waals surface area contributed by atoms with Crippen LogP contribution in [-0.4, -0.2) is 55.2 Å². The number of carbonyl (C=O) groups excluding carboxylic acids is 1. The summed E-state index contributed by atoms with van der Waals surface area (Å²) in [4.78, 5) is 22.9. The molecular weight excluding hydrogens is 414 g/mol. The standard InChI is InChI=1S/C23H25N3O2S2/c27-21(23(7-13-28-14-8-23)19-4-2-1-3-5-19)25-9-11-26(12-10-25)22-24-20(17-30-22)18-6-15-29-16-18/h1-6,15-17H,7-14H2. The number of benzene rings is 1. The summed E-state index contributed by atoms with van der Waals surface area (Å²) in [7, 11) is 0. The quantitative estimate of drug-likeness (QED) is 0.609. The second-order valence-corrected chi connectivity index (χ2v) is 9.48. The van der Waals surface area contributed by atoms with Gasteiger partial charge in [-0.2, -0.15) is 11.3 Å². The van der Waals surface area contributed by atoms with Crippen molar-refractivity contribution >= 4 is 33.7 Å². The van der Waals surface area contributed by atoms with E-state index in [0.29, 0.717) is 13.2 Å². The third-order valence-electron chi connectivity index (χ3n) is 6.23. The molecule has 0 bridgehead atoms. The van der Waals surface area contributed by atoms with Crippen molar-refractivity contribution in [3.63, 3.8) is 0 Å². The van der Waals surface area contributed by atoms with Gasteiger partial charge in [0.05, 0.1) is 11.1 Å². The van der Waals surface area contributed by atoms with Crippen LogP contribution >= 0.6 is 22.7 Å². The summed E-state index contributed by atoms with van der Waals surface area (Å²) in [5.74, 6) is 0.259. The number of anilines is 1. The van der Waals surface area contributed by atoms with Crippen LogP contribution in [0.5, 0.6) is 0 Å². The van der Waals surface area contributed by atoms with Crippen LogP contribution < -0.4 is 4.90 Å². The Morgan fingerprint density at radius 2 is 1.77 bits per heavy atom. The SMILES string of the molecule is O=C(N1CCN(c2nc(-c3ccsc3)cs2)CC1)C1(c2ccccc2)CCOCC1. The van der Waals surface area contributed by atoms with Crippen molar-refractivity contribution in [2.24, 2.45) is 0 Å². The Balaban J connectivity index is 1.29. The number of carbonyl (C=O) groups is 1. The van der Waals surface area contributed by atoms with Crippen LogP contribution in [-0.2, 0) is 14.9 Å². The Morgan fingerprint density at radius 1 is 1.00 bits per heavy atom. The monoisotopic (exact) mass is 439 g/mol. The number of thiophene rings is 1. The summed E-state index contributed by atoms with van der Waals surface area (Å²) < 4.78 is 5.61. The minimum absolute atomic E-state index is 0.259. The molecule has 0 saturated carbocycles. The van der Waals surface area contributed by atoms with Gasteiger partial charge < -0.3 is 14.5 Å². The van der Waals surface area contributed by atoms with Crippen LogP contribution in [0.15, 0.2) is 52.5 Å². The average Bonchev–Trinajstić information content (AvgIpc) is 3.52. The Hall–Kier alpha value is -2.22. The first-order chi connectivity index (χ1) is 14.8. The third kappa shape index (κ3) is 3.66. The smallest absolute Gasteiger partial charge is 0.233 e. The Labute approximate surface area is 184 Å². The highest BCUT2D eigenvalue weighted by atomic mass is 32.1. The van der Waals surface area contributed by atoms with Crippen molar-refractivity contribution in [1.29, 1.82) is 0 Å². The van der Waals surface area contributed by atoms with Crippen molar-refractivity contribution < 1.29 is 9.53 Å². The molecule has 0 radical (unpaired) electrons. The van der Waals surface area contributed by atoms with Gasteiger partial charge in [-0.25, -0.2) is 4.98 Å². The fourth-order valence-corrected chi connectivity index (χ4v) is 6.00. The van der Waals surface area contributed by atoms with Crippen molar-refractivity contribution in [1.82, 2.24) is 9.88 Å². The maximum Gasteiger partial charge on any atom is 0.233 e. The van der Waals surface area contributed by atoms with E-state index in [0.717, 1.165) is 55.4 Å². The van der Waals surface area contributed by atoms with Gasteiger partial charge in [0.25, 0.3) is 0 Å². The van der Waals surface area contributed by atoms with E-state index in [1.807, 2.05) is 18.2 Å². The minimum Gasteiger partial charge on any atom is -0.381 e. The van der Waals surface area contributed by atoms with Gasteiger partial charge in [-0.3, -0.25) is 4.79 Å². The van der Waals surface area contributed by atoms with Crippen molar-refractivity contribution in [2.75, 3.05) is 44.3 Å². The Morgan fingerprint density at radius 3 is 2.47 bits per heavy atom. The topological polar surface area (TPSA) is 45.7 Å². The zero-order valence-electron chi connectivity index (χ0n) is 16.8. The molecule has 5 nitrogen and oxygen atoms in total. The molecule has 0 spiro atoms. The van der Waals surface area contributed by atoms with Crippen LogP contribution in [0.2, 0.25) is 0 Å². The number of amides is 1. The van der Waals surface area contributed by atoms with Crippen molar-refractivity contribution in [3.8, 4) is 11.3 Å². The summed E-state index contributed by atoms with van der Waals surface area (Å²) in [6, 6.07) is 12.4. The molecule has 5 rings (SSSR count). The number of hydrogen-bond acceptors (Lipinski definition) is 6. The molecule has 2 fully saturated rings. The summed E-state index contributed by atoms with van der Waals surface area (Å²) in [5, 5.41) is 7.39. The molecule has 2 aromatic heterocycles. The third-order valence-corrected chi connectivity index (χ3v) is 7.81. The van der Waals surface area contributed by atoms with E-state index in [-0.39, 0.29) is 5.91 Å². The van der Waals surface area contributed by atoms with Gasteiger partial charge >= 0.3 is 0 Å². The first-order valence-corrected chi connectivity index (χ1v) is 12.2. The number of aromatic nitrogens is 1. The average molecular weight is 440 g/mol. The summed E-state index contributed by atoms with van der Waals surface area (Å²) >= 11 is 3.38. The maximum atomic E-state index is 13.7. The largest absolute Gasteiger partial charge is 0.381 e. The van der Waals surface area contributed by atoms with Crippen molar-refractivity contribution in [3.05, 3.63) is 58.1 Å². The number of ether oxygens (including phenoxy) is 1. The van der Waals surface area contributed by atoms with E-state index < -0.39 is 5.41 Å². The zero-order chi connectivity index (χ0) is 20.4. The number of thiazole rings is 1. The fraction of sp³-hybridized carbons (Fsp3) is 0.391. The molecule has 0 atom stereocenters. The van der Waals surface area contributed by atoms with Gasteiger partial charge in [-0.05, 0) is 29.9 Å². The van der Waals surface area contributed by atoms with Gasteiger partial charge in [0.1, 0.15) is 0 Å². The molecule has 2 aliphatic heterocycles. The Bertz CT molecular complexity index is 973. The molecule has 1 amide bonds. The van der Waals surface area contributed by atoms with E-state index in [2.05, 4.69) is 44.1 Å². The molecule has 2 saturated heterocycles. The highest BCUT2D eigenvalue weighted by molar-refractivity contribution is 7.14. The lowest BCUT2D eigenvalue weighted by Crippen LogP contribution is -2.56. The first kappa shape index (κ1) is 19.7. The van der Waals surface area contributed by atoms with Crippen molar-refractivity contribution in [2.45, 2.75) is 18.3 Å². The molecule has 2 aliphatic rings. The van der Waals surface area contributed by atoms with Crippen LogP contribution in [0.25, 0.3) is 11.3 Å². The predicted molar refractivity (Wildman–Crippen MR) is 122 cm³/mol. The molecule has 4 heterocycles. The number of hydrogen-bond donors (Lipinski definition) is 0. The molecule has 0 unspecified atom stereocenters. The van der Waals surface area contributed by atoms with Gasteiger partial charge in [0, 0.05) is 55.7 Å². The zero-order valence-corrected chi connectivity index (χ0v) is 18.5. The Kier molecular flexibility index (Phi) is 5.58. The lowest BCUT2D eigenvalue weighted by atomic mass is 9.73. The van der Waals surface area contributed by atoms with Gasteiger partial charge in [-0.1, -0.05) is 30.3 Å². The highest BCUT2D eigenvalue weighted by Crippen LogP contribution is 2.37. The van der Waals surface area contributed by atoms with E-state index in [1.54, 1.807) is 22.7 Å². The summed E-state index contributed by atoms with van der Waals surface area (Å²) in [6.45, 7) is 4.41. The van der Waals surface area contributed by atoms with Crippen LogP contribution in [0, 0.1) is 0 Å². The second-order valence-electron chi connectivity index (χ2n) is 7.87. The summed E-state index contributed by atoms with van der Waals surface area (Å²) in [6.07, 6.45) is 1.51. The fourth-order valence-electron chi connectivity index (χ4n) is 4.46. The van der Waals surface area contributed by atoms with E-state index in [1.165, 1.54) is 5.56 Å². The molecule has 0 aliphatic carbocycles. The lowest BCUT2D eigenvalue weighted by molar-refractivity contribution is -0.141. The molecule has 0 N–H and O–H groups in total. The van der Waals surface area contributed by atoms with Gasteiger partial charge in [-0.15, -0.1) is 11.3 Å². The normalized spacial score (nSPS) is 19.1. The molecule has 156 valence electrons. The molecular formula is C23H25N3O2S2. The molecule has 7 heteroatoms. The van der Waals surface area contributed by atoms with Crippen LogP contribution in [0.4, 0.5) is 5.13 Å². The van der Waals surface area contributed by atoms with Gasteiger partial charge in [0.2, 0.25) is 5.91 Å². The van der Waals surface area contributed by atoms with Crippen LogP contribution in [0.3, 0.4) is 0 Å². The minimum atomic E-state index is -0.449. The number of piperazine rings is 1. The molecule has 3 aromatic rings. The molecule has 30 heavy (non-hydrogen) atoms. The van der Waals surface area contributed by atoms with E-state index >= 15 is 0 Å². The predicted octanol–water partition coefficient (Wildman–Crippen LogP) is 4.27. The maximum absolute atomic E-state index is 13.7. The lowest BCUT2D eigenvalue weighted by Gasteiger charge is -2.43. The molecule has 1 aromatic carbocycles. The van der Waals surface area contributed by atoms with E-state index in [4.69, 9.17) is 9.72 Å². The van der Waals surface area contributed by atoms with Gasteiger partial charge in [0.15, 0.2) is 5.13 Å². The van der Waals surface area contributed by atoms with Crippen LogP contribution in [0.1, 0.15) is 18.4 Å². The first-order valence-electron chi connectivity index (χ1n) is 10.4. The van der Waals surface area contributed by atoms with E-state index in [9.17, 15) is 4.79 Å². The number of rotatable bonds is 4. The highest BCUT2D eigenvalue weighted by Gasteiger charge is 2.44.